The minimum atomic E-state index is 0.548. The number of hydrogen-bond donors (Lipinski definition) is 1. The van der Waals surface area contributed by atoms with Crippen LogP contribution < -0.4 is 10.1 Å². The number of likely N-dealkylation sites (N-methyl/N-ethyl adjacent to an activating group) is 1. The molecule has 2 rings (SSSR count). The van der Waals surface area contributed by atoms with Crippen molar-refractivity contribution < 1.29 is 4.74 Å². The van der Waals surface area contributed by atoms with Crippen molar-refractivity contribution in [2.75, 3.05) is 52.9 Å². The van der Waals surface area contributed by atoms with Gasteiger partial charge in [-0.05, 0) is 43.6 Å². The molecule has 5 heteroatoms. The van der Waals surface area contributed by atoms with Crippen LogP contribution in [0.1, 0.15) is 25.3 Å². The minimum Gasteiger partial charge on any atom is -0.494 e. The van der Waals surface area contributed by atoms with E-state index in [9.17, 15) is 0 Å². The number of unbranched alkanes of at least 4 members (excludes halogenated alkanes) is 1. The van der Waals surface area contributed by atoms with Crippen LogP contribution in [-0.2, 0) is 6.54 Å². The zero-order valence-corrected chi connectivity index (χ0v) is 15.7. The highest BCUT2D eigenvalue weighted by Crippen LogP contribution is 2.14. The summed E-state index contributed by atoms with van der Waals surface area (Å²) in [5.41, 5.74) is 1.24. The van der Waals surface area contributed by atoms with Crippen LogP contribution in [0.2, 0.25) is 0 Å². The van der Waals surface area contributed by atoms with E-state index in [1.54, 1.807) is 0 Å². The average Bonchev–Trinajstić information content (AvgIpc) is 2.61. The molecule has 0 radical (unpaired) electrons. The number of ether oxygens (including phenoxy) is 1. The van der Waals surface area contributed by atoms with E-state index in [0.717, 1.165) is 25.3 Å². The van der Waals surface area contributed by atoms with Gasteiger partial charge in [0.15, 0.2) is 0 Å². The van der Waals surface area contributed by atoms with Gasteiger partial charge in [-0.1, -0.05) is 19.1 Å². The molecule has 5 nitrogen and oxygen atoms in total. The Labute approximate surface area is 152 Å². The number of hydrogen-bond acceptors (Lipinski definition) is 5. The van der Waals surface area contributed by atoms with Gasteiger partial charge in [-0.25, -0.2) is 0 Å². The SMILES string of the molecule is CC(CNCc1cccc(OCCCC#N)c1)CN1CCN(C)CC1. The van der Waals surface area contributed by atoms with Crippen LogP contribution in [0.15, 0.2) is 24.3 Å². The fraction of sp³-hybridized carbons (Fsp3) is 0.650. The first-order valence-electron chi connectivity index (χ1n) is 9.37. The van der Waals surface area contributed by atoms with Crippen LogP contribution >= 0.6 is 0 Å². The minimum absolute atomic E-state index is 0.548. The predicted octanol–water partition coefficient (Wildman–Crippen LogP) is 2.34. The van der Waals surface area contributed by atoms with E-state index in [-0.39, 0.29) is 0 Å². The van der Waals surface area contributed by atoms with E-state index in [4.69, 9.17) is 10.00 Å². The highest BCUT2D eigenvalue weighted by atomic mass is 16.5. The fourth-order valence-electron chi connectivity index (χ4n) is 3.09. The Morgan fingerprint density at radius 3 is 2.84 bits per heavy atom. The third-order valence-electron chi connectivity index (χ3n) is 4.59. The van der Waals surface area contributed by atoms with Gasteiger partial charge < -0.3 is 19.9 Å². The zero-order valence-electron chi connectivity index (χ0n) is 15.7. The van der Waals surface area contributed by atoms with E-state index in [1.165, 1.54) is 38.3 Å². The molecule has 1 aromatic carbocycles. The number of nitrogens with zero attached hydrogens (tertiary/aromatic N) is 3. The maximum atomic E-state index is 8.55. The second kappa shape index (κ2) is 11.1. The van der Waals surface area contributed by atoms with Crippen LogP contribution in [0.25, 0.3) is 0 Å². The molecule has 0 amide bonds. The molecule has 0 saturated carbocycles. The summed E-state index contributed by atoms with van der Waals surface area (Å²) in [5.74, 6) is 1.54. The summed E-state index contributed by atoms with van der Waals surface area (Å²) in [4.78, 5) is 4.97. The largest absolute Gasteiger partial charge is 0.494 e. The molecule has 1 aliphatic rings. The number of benzene rings is 1. The first kappa shape index (κ1) is 19.7. The summed E-state index contributed by atoms with van der Waals surface area (Å²) < 4.78 is 5.70. The Morgan fingerprint density at radius 1 is 1.28 bits per heavy atom. The first-order valence-corrected chi connectivity index (χ1v) is 9.37. The molecule has 1 fully saturated rings. The van der Waals surface area contributed by atoms with Crippen molar-refractivity contribution in [3.05, 3.63) is 29.8 Å². The quantitative estimate of drug-likeness (QED) is 0.660. The molecule has 25 heavy (non-hydrogen) atoms. The summed E-state index contributed by atoms with van der Waals surface area (Å²) >= 11 is 0. The van der Waals surface area contributed by atoms with E-state index in [1.807, 2.05) is 12.1 Å². The highest BCUT2D eigenvalue weighted by Gasteiger charge is 2.15. The van der Waals surface area contributed by atoms with E-state index in [2.05, 4.69) is 47.3 Å². The Balaban J connectivity index is 1.64. The maximum Gasteiger partial charge on any atom is 0.119 e. The zero-order chi connectivity index (χ0) is 17.9. The van der Waals surface area contributed by atoms with Gasteiger partial charge in [0.2, 0.25) is 0 Å². The van der Waals surface area contributed by atoms with E-state index < -0.39 is 0 Å². The molecular weight excluding hydrogens is 312 g/mol. The Morgan fingerprint density at radius 2 is 2.08 bits per heavy atom. The molecule has 0 aromatic heterocycles. The first-order chi connectivity index (χ1) is 12.2. The third kappa shape index (κ3) is 7.87. The standard InChI is InChI=1S/C20H32N4O/c1-18(17-24-11-9-23(2)10-12-24)15-22-16-19-6-5-7-20(14-19)25-13-4-3-8-21/h5-7,14,18,22H,3-4,9-13,15-17H2,1-2H3. The molecule has 1 atom stereocenters. The molecule has 0 spiro atoms. The Hall–Kier alpha value is -1.61. The van der Waals surface area contributed by atoms with Crippen molar-refractivity contribution in [3.8, 4) is 11.8 Å². The van der Waals surface area contributed by atoms with Crippen molar-refractivity contribution in [1.29, 1.82) is 5.26 Å². The lowest BCUT2D eigenvalue weighted by Gasteiger charge is -2.34. The molecule has 1 aromatic rings. The monoisotopic (exact) mass is 344 g/mol. The summed E-state index contributed by atoms with van der Waals surface area (Å²) in [6, 6.07) is 10.4. The topological polar surface area (TPSA) is 51.5 Å². The molecule has 138 valence electrons. The molecule has 1 heterocycles. The van der Waals surface area contributed by atoms with Gasteiger partial charge in [-0.3, -0.25) is 0 Å². The smallest absolute Gasteiger partial charge is 0.119 e. The number of nitrogens with one attached hydrogen (secondary N) is 1. The normalized spacial score (nSPS) is 17.2. The number of piperazine rings is 1. The fourth-order valence-corrected chi connectivity index (χ4v) is 3.09. The Bertz CT molecular complexity index is 535. The van der Waals surface area contributed by atoms with Gasteiger partial charge in [0.1, 0.15) is 5.75 Å². The highest BCUT2D eigenvalue weighted by molar-refractivity contribution is 5.28. The van der Waals surface area contributed by atoms with Gasteiger partial charge in [-0.2, -0.15) is 5.26 Å². The summed E-state index contributed by atoms with van der Waals surface area (Å²) in [6.45, 7) is 10.7. The second-order valence-corrected chi connectivity index (χ2v) is 7.10. The van der Waals surface area contributed by atoms with Crippen LogP contribution in [0.4, 0.5) is 0 Å². The Kier molecular flexibility index (Phi) is 8.75. The van der Waals surface area contributed by atoms with Crippen LogP contribution in [0.3, 0.4) is 0 Å². The third-order valence-corrected chi connectivity index (χ3v) is 4.59. The summed E-state index contributed by atoms with van der Waals surface area (Å²) in [5, 5.41) is 12.1. The number of rotatable bonds is 10. The van der Waals surface area contributed by atoms with Crippen LogP contribution in [0, 0.1) is 17.2 Å². The van der Waals surface area contributed by atoms with Crippen molar-refractivity contribution in [2.24, 2.45) is 5.92 Å². The molecule has 0 aliphatic carbocycles. The van der Waals surface area contributed by atoms with Crippen molar-refractivity contribution >= 4 is 0 Å². The molecule has 1 N–H and O–H groups in total. The molecular formula is C20H32N4O. The van der Waals surface area contributed by atoms with E-state index in [0.29, 0.717) is 18.9 Å². The molecule has 1 aliphatic heterocycles. The van der Waals surface area contributed by atoms with Crippen LogP contribution in [0.5, 0.6) is 5.75 Å². The molecule has 1 unspecified atom stereocenters. The molecule has 0 bridgehead atoms. The maximum absolute atomic E-state index is 8.55. The van der Waals surface area contributed by atoms with Crippen molar-refractivity contribution in [2.45, 2.75) is 26.3 Å². The van der Waals surface area contributed by atoms with Gasteiger partial charge in [0, 0.05) is 45.7 Å². The average molecular weight is 345 g/mol. The summed E-state index contributed by atoms with van der Waals surface area (Å²) in [7, 11) is 2.20. The van der Waals surface area contributed by atoms with Crippen molar-refractivity contribution in [3.63, 3.8) is 0 Å². The predicted molar refractivity (Wildman–Crippen MR) is 102 cm³/mol. The second-order valence-electron chi connectivity index (χ2n) is 7.10. The van der Waals surface area contributed by atoms with Gasteiger partial charge >= 0.3 is 0 Å². The van der Waals surface area contributed by atoms with Gasteiger partial charge in [0.05, 0.1) is 12.7 Å². The lowest BCUT2D eigenvalue weighted by atomic mass is 10.1. The molecule has 1 saturated heterocycles. The van der Waals surface area contributed by atoms with Crippen molar-refractivity contribution in [1.82, 2.24) is 15.1 Å². The van der Waals surface area contributed by atoms with Gasteiger partial charge in [0.25, 0.3) is 0 Å². The lowest BCUT2D eigenvalue weighted by molar-refractivity contribution is 0.138. The lowest BCUT2D eigenvalue weighted by Crippen LogP contribution is -2.46. The summed E-state index contributed by atoms with van der Waals surface area (Å²) in [6.07, 6.45) is 1.33. The van der Waals surface area contributed by atoms with E-state index >= 15 is 0 Å². The van der Waals surface area contributed by atoms with Gasteiger partial charge in [-0.15, -0.1) is 0 Å². The van der Waals surface area contributed by atoms with Crippen LogP contribution in [-0.4, -0.2) is 62.7 Å². The number of nitriles is 1.